The molecule has 0 saturated carbocycles. The van der Waals surface area contributed by atoms with Gasteiger partial charge in [-0.25, -0.2) is 24.3 Å². The molecule has 8 nitrogen and oxygen atoms in total. The Balaban J connectivity index is 1.40. The predicted octanol–water partition coefficient (Wildman–Crippen LogP) is 4.18. The lowest BCUT2D eigenvalue weighted by atomic mass is 9.90. The van der Waals surface area contributed by atoms with Gasteiger partial charge >= 0.3 is 0 Å². The smallest absolute Gasteiger partial charge is 0.241 e. The fourth-order valence-electron chi connectivity index (χ4n) is 4.47. The largest absolute Gasteiger partial charge is 0.328 e. The fraction of sp³-hybridized carbons (Fsp3) is 0.346. The van der Waals surface area contributed by atoms with Crippen LogP contribution in [0.5, 0.6) is 0 Å². The van der Waals surface area contributed by atoms with Crippen molar-refractivity contribution in [2.75, 3.05) is 11.4 Å². The third-order valence-corrected chi connectivity index (χ3v) is 6.50. The van der Waals surface area contributed by atoms with Crippen molar-refractivity contribution >= 4 is 22.6 Å². The quantitative estimate of drug-likeness (QED) is 0.420. The van der Waals surface area contributed by atoms with E-state index in [1.54, 1.807) is 41.7 Å². The number of benzene rings is 1. The summed E-state index contributed by atoms with van der Waals surface area (Å²) in [7, 11) is 0. The van der Waals surface area contributed by atoms with Gasteiger partial charge in [-0.2, -0.15) is 4.39 Å². The first-order valence-corrected chi connectivity index (χ1v) is 11.8. The van der Waals surface area contributed by atoms with Crippen LogP contribution in [0.2, 0.25) is 0 Å². The van der Waals surface area contributed by atoms with Crippen molar-refractivity contribution in [2.24, 2.45) is 5.73 Å². The van der Waals surface area contributed by atoms with E-state index in [-0.39, 0.29) is 30.3 Å². The van der Waals surface area contributed by atoms with Gasteiger partial charge in [-0.05, 0) is 57.0 Å². The van der Waals surface area contributed by atoms with Crippen LogP contribution < -0.4 is 10.6 Å². The maximum atomic E-state index is 15.0. The zero-order chi connectivity index (χ0) is 25.6. The molecule has 1 aliphatic heterocycles. The molecule has 1 fully saturated rings. The van der Waals surface area contributed by atoms with Crippen LogP contribution in [0.4, 0.5) is 14.5 Å². The lowest BCUT2D eigenvalue weighted by Gasteiger charge is -2.36. The van der Waals surface area contributed by atoms with Gasteiger partial charge in [0.1, 0.15) is 17.2 Å². The van der Waals surface area contributed by atoms with Crippen LogP contribution in [-0.4, -0.2) is 42.5 Å². The van der Waals surface area contributed by atoms with Crippen molar-refractivity contribution in [3.63, 3.8) is 0 Å². The molecule has 36 heavy (non-hydrogen) atoms. The first-order valence-electron chi connectivity index (χ1n) is 11.8. The lowest BCUT2D eigenvalue weighted by Crippen LogP contribution is -2.51. The van der Waals surface area contributed by atoms with E-state index < -0.39 is 17.3 Å². The highest BCUT2D eigenvalue weighted by molar-refractivity contribution is 5.95. The molecule has 0 aliphatic carbocycles. The summed E-state index contributed by atoms with van der Waals surface area (Å²) in [5, 5.41) is 0. The number of nitrogens with zero attached hydrogens (tertiary/aromatic N) is 6. The molecule has 2 N–H and O–H groups in total. The molecular formula is C26H27F2N7O. The minimum Gasteiger partial charge on any atom is -0.328 e. The molecule has 1 amide bonds. The Morgan fingerprint density at radius 1 is 1.11 bits per heavy atom. The molecule has 4 heterocycles. The number of hydrogen-bond acceptors (Lipinski definition) is 6. The van der Waals surface area contributed by atoms with E-state index in [0.29, 0.717) is 46.9 Å². The third kappa shape index (κ3) is 4.56. The van der Waals surface area contributed by atoms with Gasteiger partial charge in [0, 0.05) is 42.9 Å². The van der Waals surface area contributed by atoms with Gasteiger partial charge < -0.3 is 15.2 Å². The second-order valence-corrected chi connectivity index (χ2v) is 9.85. The van der Waals surface area contributed by atoms with E-state index >= 15 is 4.39 Å². The zero-order valence-electron chi connectivity index (χ0n) is 20.4. The third-order valence-electron chi connectivity index (χ3n) is 6.50. The second kappa shape index (κ2) is 9.02. The summed E-state index contributed by atoms with van der Waals surface area (Å²) in [6.45, 7) is 6.26. The van der Waals surface area contributed by atoms with E-state index in [0.717, 1.165) is 0 Å². The van der Waals surface area contributed by atoms with E-state index in [1.807, 2.05) is 25.3 Å². The topological polar surface area (TPSA) is 103 Å². The molecule has 5 rings (SSSR count). The second-order valence-electron chi connectivity index (χ2n) is 9.85. The Hall–Kier alpha value is -3.79. The van der Waals surface area contributed by atoms with E-state index in [4.69, 9.17) is 5.73 Å². The van der Waals surface area contributed by atoms with Crippen LogP contribution in [0.3, 0.4) is 0 Å². The highest BCUT2D eigenvalue weighted by atomic mass is 19.1. The van der Waals surface area contributed by atoms with Crippen LogP contribution in [0.15, 0.2) is 42.9 Å². The van der Waals surface area contributed by atoms with Crippen molar-refractivity contribution < 1.29 is 13.6 Å². The summed E-state index contributed by atoms with van der Waals surface area (Å²) in [6, 6.07) is 8.19. The number of amides is 1. The van der Waals surface area contributed by atoms with Crippen LogP contribution in [-0.2, 0) is 11.2 Å². The van der Waals surface area contributed by atoms with Crippen molar-refractivity contribution in [3.8, 4) is 11.4 Å². The Labute approximate surface area is 207 Å². The maximum absolute atomic E-state index is 15.0. The number of carbonyl (C=O) groups excluding carboxylic acids is 1. The molecule has 1 aromatic carbocycles. The lowest BCUT2D eigenvalue weighted by molar-refractivity contribution is -0.120. The molecule has 10 heteroatoms. The number of carbonyl (C=O) groups is 1. The van der Waals surface area contributed by atoms with Crippen LogP contribution in [0, 0.1) is 11.8 Å². The van der Waals surface area contributed by atoms with Gasteiger partial charge in [0.25, 0.3) is 0 Å². The molecular weight excluding hydrogens is 464 g/mol. The molecule has 4 aromatic rings. The number of pyridine rings is 1. The van der Waals surface area contributed by atoms with Gasteiger partial charge in [-0.15, -0.1) is 0 Å². The summed E-state index contributed by atoms with van der Waals surface area (Å²) >= 11 is 0. The molecule has 0 spiro atoms. The number of hydrogen-bond donors (Lipinski definition) is 1. The predicted molar refractivity (Wildman–Crippen MR) is 132 cm³/mol. The fourth-order valence-corrected chi connectivity index (χ4v) is 4.47. The Bertz CT molecular complexity index is 1460. The first kappa shape index (κ1) is 23.9. The molecule has 3 aromatic heterocycles. The average molecular weight is 492 g/mol. The summed E-state index contributed by atoms with van der Waals surface area (Å²) in [5.74, 6) is -0.885. The van der Waals surface area contributed by atoms with Gasteiger partial charge in [-0.1, -0.05) is 6.07 Å². The number of aromatic nitrogens is 5. The molecule has 1 unspecified atom stereocenters. The summed E-state index contributed by atoms with van der Waals surface area (Å²) < 4.78 is 31.5. The van der Waals surface area contributed by atoms with E-state index in [1.165, 1.54) is 6.07 Å². The van der Waals surface area contributed by atoms with Gasteiger partial charge in [0.15, 0.2) is 0 Å². The number of nitrogens with two attached hydrogens (primary N) is 1. The molecule has 1 aliphatic rings. The van der Waals surface area contributed by atoms with Crippen LogP contribution >= 0.6 is 0 Å². The highest BCUT2D eigenvalue weighted by Crippen LogP contribution is 2.28. The molecule has 1 atom stereocenters. The number of rotatable bonds is 5. The number of imidazole rings is 1. The van der Waals surface area contributed by atoms with Crippen LogP contribution in [0.25, 0.3) is 22.4 Å². The van der Waals surface area contributed by atoms with Crippen molar-refractivity contribution in [1.29, 1.82) is 0 Å². The molecule has 186 valence electrons. The number of halogens is 2. The molecule has 0 radical (unpaired) electrons. The summed E-state index contributed by atoms with van der Waals surface area (Å²) in [5.41, 5.74) is 8.03. The minimum atomic E-state index is -0.675. The van der Waals surface area contributed by atoms with Crippen molar-refractivity contribution in [2.45, 2.75) is 51.6 Å². The Kier molecular flexibility index (Phi) is 5.99. The Morgan fingerprint density at radius 2 is 1.92 bits per heavy atom. The summed E-state index contributed by atoms with van der Waals surface area (Å²) in [4.78, 5) is 31.0. The molecule has 0 bridgehead atoms. The zero-order valence-corrected chi connectivity index (χ0v) is 20.4. The van der Waals surface area contributed by atoms with E-state index in [2.05, 4.69) is 19.9 Å². The maximum Gasteiger partial charge on any atom is 0.241 e. The Morgan fingerprint density at radius 3 is 2.64 bits per heavy atom. The summed E-state index contributed by atoms with van der Waals surface area (Å²) in [6.07, 6.45) is 4.12. The van der Waals surface area contributed by atoms with Gasteiger partial charge in [-0.3, -0.25) is 4.79 Å². The monoisotopic (exact) mass is 491 g/mol. The standard InChI is InChI=1S/C26H27F2N7O/c1-15(2)35-14-31-24-21(35)12-20(33-25(24)28)19-6-8-30-22(32-19)10-16-4-5-17(11-18(16)27)34-9-7-26(3,29)13-23(34)36/h4-6,8,11-12,14-15H,7,9-10,13,29H2,1-3H3. The molecule has 1 saturated heterocycles. The number of anilines is 1. The van der Waals surface area contributed by atoms with Crippen molar-refractivity contribution in [1.82, 2.24) is 24.5 Å². The number of piperidine rings is 1. The van der Waals surface area contributed by atoms with Crippen molar-refractivity contribution in [3.05, 3.63) is 66.0 Å². The van der Waals surface area contributed by atoms with E-state index in [9.17, 15) is 9.18 Å². The number of fused-ring (bicyclic) bond motifs is 1. The first-order chi connectivity index (χ1) is 17.1. The normalized spacial score (nSPS) is 18.4. The van der Waals surface area contributed by atoms with Gasteiger partial charge in [0.2, 0.25) is 11.9 Å². The highest BCUT2D eigenvalue weighted by Gasteiger charge is 2.32. The minimum absolute atomic E-state index is 0.0941. The van der Waals surface area contributed by atoms with Crippen LogP contribution in [0.1, 0.15) is 51.0 Å². The van der Waals surface area contributed by atoms with Gasteiger partial charge in [0.05, 0.1) is 23.2 Å². The average Bonchev–Trinajstić information content (AvgIpc) is 3.25. The SMILES string of the molecule is CC(C)n1cnc2c(F)nc(-c3ccnc(Cc4ccc(N5CCC(C)(N)CC5=O)cc4F)n3)cc21.